The Hall–Kier alpha value is -2.36. The van der Waals surface area contributed by atoms with Gasteiger partial charge in [-0.3, -0.25) is 0 Å². The number of rotatable bonds is 4. The van der Waals surface area contributed by atoms with Gasteiger partial charge in [0.2, 0.25) is 0 Å². The van der Waals surface area contributed by atoms with Crippen LogP contribution in [0.4, 0.5) is 0 Å². The quantitative estimate of drug-likeness (QED) is 0.809. The van der Waals surface area contributed by atoms with Gasteiger partial charge < -0.3 is 14.7 Å². The third kappa shape index (κ3) is 2.28. The molecular formula is C24H27NO2. The Balaban J connectivity index is 2.19. The number of likely N-dealkylation sites (N-methyl/N-ethyl adjacent to an activating group) is 1. The molecule has 0 aromatic heterocycles. The number of benzene rings is 2. The van der Waals surface area contributed by atoms with E-state index in [0.717, 1.165) is 22.4 Å². The van der Waals surface area contributed by atoms with Crippen molar-refractivity contribution >= 4 is 16.5 Å². The SMILES string of the molecule is C=CC(=C)C1=C2c3c(ccc4cccc(c34)C1(C)C)C(O)C(COC)N2C. The van der Waals surface area contributed by atoms with E-state index in [0.29, 0.717) is 6.61 Å². The van der Waals surface area contributed by atoms with Gasteiger partial charge in [0.1, 0.15) is 6.10 Å². The molecule has 2 atom stereocenters. The highest BCUT2D eigenvalue weighted by Crippen LogP contribution is 2.54. The number of hydrogen-bond acceptors (Lipinski definition) is 3. The summed E-state index contributed by atoms with van der Waals surface area (Å²) in [6.45, 7) is 13.2. The fourth-order valence-corrected chi connectivity index (χ4v) is 4.94. The highest BCUT2D eigenvalue weighted by Gasteiger charge is 2.44. The average molecular weight is 361 g/mol. The van der Waals surface area contributed by atoms with E-state index >= 15 is 0 Å². The van der Waals surface area contributed by atoms with Crippen LogP contribution in [0, 0.1) is 0 Å². The van der Waals surface area contributed by atoms with Gasteiger partial charge in [-0.2, -0.15) is 0 Å². The zero-order valence-corrected chi connectivity index (χ0v) is 16.5. The molecule has 27 heavy (non-hydrogen) atoms. The van der Waals surface area contributed by atoms with Gasteiger partial charge in [0, 0.05) is 30.8 Å². The summed E-state index contributed by atoms with van der Waals surface area (Å²) in [6, 6.07) is 10.5. The molecule has 0 saturated heterocycles. The van der Waals surface area contributed by atoms with Crippen molar-refractivity contribution in [3.63, 3.8) is 0 Å². The Kier molecular flexibility index (Phi) is 4.06. The molecule has 1 aliphatic heterocycles. The van der Waals surface area contributed by atoms with Crippen LogP contribution in [-0.2, 0) is 10.2 Å². The third-order valence-corrected chi connectivity index (χ3v) is 6.29. The summed E-state index contributed by atoms with van der Waals surface area (Å²) in [7, 11) is 3.72. The Morgan fingerprint density at radius 1 is 1.30 bits per heavy atom. The largest absolute Gasteiger partial charge is 0.386 e. The van der Waals surface area contributed by atoms with Crippen LogP contribution in [0.5, 0.6) is 0 Å². The summed E-state index contributed by atoms with van der Waals surface area (Å²) in [5.41, 5.74) is 6.37. The molecule has 2 unspecified atom stereocenters. The first kappa shape index (κ1) is 18.0. The van der Waals surface area contributed by atoms with Crippen LogP contribution in [0.15, 0.2) is 60.7 Å². The van der Waals surface area contributed by atoms with Gasteiger partial charge in [-0.05, 0) is 33.0 Å². The molecular weight excluding hydrogens is 334 g/mol. The van der Waals surface area contributed by atoms with Crippen LogP contribution in [0.3, 0.4) is 0 Å². The van der Waals surface area contributed by atoms with Crippen molar-refractivity contribution in [3.8, 4) is 0 Å². The lowest BCUT2D eigenvalue weighted by molar-refractivity contribution is 0.0288. The number of aliphatic hydroxyl groups excluding tert-OH is 1. The number of nitrogens with zero attached hydrogens (tertiary/aromatic N) is 1. The summed E-state index contributed by atoms with van der Waals surface area (Å²) in [5, 5.41) is 13.6. The van der Waals surface area contributed by atoms with Crippen molar-refractivity contribution in [1.82, 2.24) is 4.90 Å². The van der Waals surface area contributed by atoms with E-state index in [1.807, 2.05) is 13.1 Å². The lowest BCUT2D eigenvalue weighted by Crippen LogP contribution is -2.45. The number of allylic oxidation sites excluding steroid dienone is 3. The van der Waals surface area contributed by atoms with E-state index in [-0.39, 0.29) is 11.5 Å². The number of methoxy groups -OCH3 is 1. The van der Waals surface area contributed by atoms with Gasteiger partial charge in [-0.25, -0.2) is 0 Å². The van der Waals surface area contributed by atoms with Crippen LogP contribution < -0.4 is 0 Å². The second-order valence-corrected chi connectivity index (χ2v) is 8.09. The highest BCUT2D eigenvalue weighted by atomic mass is 16.5. The second-order valence-electron chi connectivity index (χ2n) is 8.09. The molecule has 1 heterocycles. The van der Waals surface area contributed by atoms with Crippen molar-refractivity contribution in [2.45, 2.75) is 31.4 Å². The highest BCUT2D eigenvalue weighted by molar-refractivity contribution is 6.03. The predicted molar refractivity (Wildman–Crippen MR) is 112 cm³/mol. The molecule has 0 amide bonds. The Morgan fingerprint density at radius 2 is 2.04 bits per heavy atom. The maximum Gasteiger partial charge on any atom is 0.102 e. The fourth-order valence-electron chi connectivity index (χ4n) is 4.94. The van der Waals surface area contributed by atoms with Crippen LogP contribution in [-0.4, -0.2) is 36.8 Å². The van der Waals surface area contributed by atoms with Gasteiger partial charge in [0.05, 0.1) is 12.6 Å². The van der Waals surface area contributed by atoms with E-state index in [1.165, 1.54) is 21.9 Å². The van der Waals surface area contributed by atoms with Gasteiger partial charge in [0.25, 0.3) is 0 Å². The normalized spacial score (nSPS) is 22.9. The van der Waals surface area contributed by atoms with E-state index < -0.39 is 6.10 Å². The minimum Gasteiger partial charge on any atom is -0.386 e. The topological polar surface area (TPSA) is 32.7 Å². The maximum absolute atomic E-state index is 11.1. The first-order chi connectivity index (χ1) is 12.8. The van der Waals surface area contributed by atoms with E-state index in [1.54, 1.807) is 7.11 Å². The van der Waals surface area contributed by atoms with Crippen molar-refractivity contribution in [2.75, 3.05) is 20.8 Å². The van der Waals surface area contributed by atoms with Gasteiger partial charge in [0.15, 0.2) is 0 Å². The van der Waals surface area contributed by atoms with E-state index in [9.17, 15) is 5.11 Å². The van der Waals surface area contributed by atoms with Crippen molar-refractivity contribution in [1.29, 1.82) is 0 Å². The standard InChI is InChI=1S/C24H27NO2/c1-7-14(2)21-22-20-16(23(26)18(13-27-6)25(22)5)12-11-15-9-8-10-17(19(15)20)24(21,3)4/h7-12,18,23,26H,1-2,13H2,3-6H3. The van der Waals surface area contributed by atoms with E-state index in [2.05, 4.69) is 62.2 Å². The second kappa shape index (κ2) is 6.08. The molecule has 0 bridgehead atoms. The molecule has 140 valence electrons. The molecule has 0 spiro atoms. The summed E-state index contributed by atoms with van der Waals surface area (Å²) in [6.07, 6.45) is 1.23. The van der Waals surface area contributed by atoms with Crippen LogP contribution >= 0.6 is 0 Å². The molecule has 0 saturated carbocycles. The zero-order valence-electron chi connectivity index (χ0n) is 16.5. The molecule has 2 aromatic carbocycles. The predicted octanol–water partition coefficient (Wildman–Crippen LogP) is 4.58. The first-order valence-corrected chi connectivity index (χ1v) is 9.37. The monoisotopic (exact) mass is 361 g/mol. The third-order valence-electron chi connectivity index (χ3n) is 6.29. The summed E-state index contributed by atoms with van der Waals surface area (Å²) in [5.74, 6) is 0. The van der Waals surface area contributed by atoms with Crippen molar-refractivity contribution in [3.05, 3.63) is 77.4 Å². The zero-order chi connectivity index (χ0) is 19.5. The van der Waals surface area contributed by atoms with Crippen LogP contribution in [0.25, 0.3) is 16.5 Å². The number of hydrogen-bond donors (Lipinski definition) is 1. The molecule has 3 nitrogen and oxygen atoms in total. The average Bonchev–Trinajstić information content (AvgIpc) is 2.65. The molecule has 4 rings (SSSR count). The molecule has 1 N–H and O–H groups in total. The summed E-state index contributed by atoms with van der Waals surface area (Å²) in [4.78, 5) is 2.18. The Bertz CT molecular complexity index is 999. The van der Waals surface area contributed by atoms with Gasteiger partial charge in [-0.15, -0.1) is 0 Å². The first-order valence-electron chi connectivity index (χ1n) is 9.37. The minimum atomic E-state index is -0.606. The molecule has 3 heteroatoms. The molecule has 2 aliphatic rings. The molecule has 2 aromatic rings. The van der Waals surface area contributed by atoms with Crippen LogP contribution in [0.2, 0.25) is 0 Å². The van der Waals surface area contributed by atoms with E-state index in [4.69, 9.17) is 4.74 Å². The minimum absolute atomic E-state index is 0.149. The van der Waals surface area contributed by atoms with Crippen molar-refractivity contribution in [2.24, 2.45) is 0 Å². The Labute approximate surface area is 161 Å². The molecule has 0 radical (unpaired) electrons. The van der Waals surface area contributed by atoms with Crippen LogP contribution in [0.1, 0.15) is 36.6 Å². The molecule has 0 fully saturated rings. The maximum atomic E-state index is 11.1. The summed E-state index contributed by atoms with van der Waals surface area (Å²) < 4.78 is 5.44. The number of ether oxygens (including phenoxy) is 1. The molecule has 1 aliphatic carbocycles. The van der Waals surface area contributed by atoms with Gasteiger partial charge in [-0.1, -0.05) is 63.4 Å². The lowest BCUT2D eigenvalue weighted by Gasteiger charge is -2.48. The fraction of sp³-hybridized carbons (Fsp3) is 0.333. The van der Waals surface area contributed by atoms with Gasteiger partial charge >= 0.3 is 0 Å². The Morgan fingerprint density at radius 3 is 2.70 bits per heavy atom. The lowest BCUT2D eigenvalue weighted by atomic mass is 9.65. The number of aliphatic hydroxyl groups is 1. The van der Waals surface area contributed by atoms with Crippen molar-refractivity contribution < 1.29 is 9.84 Å². The smallest absolute Gasteiger partial charge is 0.102 e. The summed E-state index contributed by atoms with van der Waals surface area (Å²) >= 11 is 0.